The van der Waals surface area contributed by atoms with Crippen LogP contribution in [0.1, 0.15) is 19.4 Å². The summed E-state index contributed by atoms with van der Waals surface area (Å²) in [4.78, 5) is 27.4. The fourth-order valence-electron chi connectivity index (χ4n) is 3.48. The van der Waals surface area contributed by atoms with Crippen LogP contribution in [-0.4, -0.2) is 24.3 Å². The van der Waals surface area contributed by atoms with Crippen LogP contribution in [0.3, 0.4) is 0 Å². The van der Waals surface area contributed by atoms with E-state index in [4.69, 9.17) is 32.7 Å². The normalized spacial score (nSPS) is 12.7. The summed E-state index contributed by atoms with van der Waals surface area (Å²) in [5.41, 5.74) is -0.394. The number of ketones is 1. The van der Waals surface area contributed by atoms with Crippen molar-refractivity contribution in [3.05, 3.63) is 82.3 Å². The number of anilines is 1. The molecule has 3 aromatic rings. The number of nitrogens with zero attached hydrogens (tertiary/aromatic N) is 2. The van der Waals surface area contributed by atoms with Gasteiger partial charge in [0.25, 0.3) is 5.91 Å². The number of halogens is 5. The molecule has 0 bridgehead atoms. The number of ether oxygens (including phenoxy) is 2. The molecule has 0 aliphatic carbocycles. The molecule has 0 spiro atoms. The molecule has 0 saturated carbocycles. The van der Waals surface area contributed by atoms with Crippen LogP contribution in [0.2, 0.25) is 10.0 Å². The van der Waals surface area contributed by atoms with Crippen molar-refractivity contribution in [3.8, 4) is 23.3 Å². The van der Waals surface area contributed by atoms with E-state index in [1.54, 1.807) is 43.3 Å². The Morgan fingerprint density at radius 1 is 1.00 bits per heavy atom. The average Bonchev–Trinajstić information content (AvgIpc) is 2.88. The number of carbonyl (C=O) groups is 2. The van der Waals surface area contributed by atoms with Gasteiger partial charge in [-0.15, -0.1) is 0 Å². The SMILES string of the molecule is CCN(C(=O)C(C#N)C(=O)C(C)Oc1cc(Oc2ccc(C(F)(F)F)cc2Cl)ccc1Cl)c1ccccc1. The Morgan fingerprint density at radius 2 is 1.68 bits per heavy atom. The van der Waals surface area contributed by atoms with E-state index in [1.807, 2.05) is 0 Å². The Labute approximate surface area is 227 Å². The highest BCUT2D eigenvalue weighted by Crippen LogP contribution is 2.38. The molecular formula is C27H21Cl2F3N2O4. The molecule has 11 heteroatoms. The molecule has 38 heavy (non-hydrogen) atoms. The summed E-state index contributed by atoms with van der Waals surface area (Å²) in [6.45, 7) is 3.33. The topological polar surface area (TPSA) is 79.6 Å². The number of rotatable bonds is 9. The van der Waals surface area contributed by atoms with E-state index in [9.17, 15) is 28.0 Å². The van der Waals surface area contributed by atoms with E-state index in [-0.39, 0.29) is 33.8 Å². The fourth-order valence-corrected chi connectivity index (χ4v) is 3.86. The minimum absolute atomic E-state index is 0.00686. The first kappa shape index (κ1) is 28.8. The molecule has 0 aliphatic rings. The zero-order chi connectivity index (χ0) is 28.0. The van der Waals surface area contributed by atoms with Crippen molar-refractivity contribution >= 4 is 40.6 Å². The Balaban J connectivity index is 1.77. The van der Waals surface area contributed by atoms with Crippen molar-refractivity contribution in [2.24, 2.45) is 5.92 Å². The molecule has 0 aromatic heterocycles. The van der Waals surface area contributed by atoms with Crippen molar-refractivity contribution in [1.29, 1.82) is 5.26 Å². The third-order valence-electron chi connectivity index (χ3n) is 5.40. The lowest BCUT2D eigenvalue weighted by atomic mass is 9.99. The Bertz CT molecular complexity index is 1360. The molecule has 0 heterocycles. The molecule has 0 saturated heterocycles. The molecule has 3 aromatic carbocycles. The number of Topliss-reactive ketones (excluding diaryl/α,β-unsaturated/α-hetero) is 1. The molecule has 0 fully saturated rings. The van der Waals surface area contributed by atoms with Gasteiger partial charge < -0.3 is 14.4 Å². The Kier molecular flexibility index (Phi) is 9.26. The number of alkyl halides is 3. The van der Waals surface area contributed by atoms with Gasteiger partial charge in [0.1, 0.15) is 17.2 Å². The highest BCUT2D eigenvalue weighted by molar-refractivity contribution is 6.32. The lowest BCUT2D eigenvalue weighted by Gasteiger charge is -2.24. The summed E-state index contributed by atoms with van der Waals surface area (Å²) in [5, 5.41) is 9.45. The third kappa shape index (κ3) is 6.77. The van der Waals surface area contributed by atoms with E-state index in [0.717, 1.165) is 18.2 Å². The number of carbonyl (C=O) groups excluding carboxylic acids is 2. The predicted octanol–water partition coefficient (Wildman–Crippen LogP) is 7.33. The highest BCUT2D eigenvalue weighted by atomic mass is 35.5. The van der Waals surface area contributed by atoms with Gasteiger partial charge in [0.15, 0.2) is 17.8 Å². The largest absolute Gasteiger partial charge is 0.481 e. The minimum Gasteiger partial charge on any atom is -0.481 e. The van der Waals surface area contributed by atoms with Crippen molar-refractivity contribution in [1.82, 2.24) is 0 Å². The van der Waals surface area contributed by atoms with Crippen LogP contribution in [0.15, 0.2) is 66.7 Å². The van der Waals surface area contributed by atoms with Crippen LogP contribution in [0, 0.1) is 17.2 Å². The van der Waals surface area contributed by atoms with Gasteiger partial charge in [0.2, 0.25) is 0 Å². The standard InChI is InChI=1S/C27H21Cl2F3N2O4/c1-3-34(18-7-5-4-6-8-18)26(36)20(15-33)25(35)16(2)37-24-14-19(10-11-21(24)28)38-23-12-9-17(13-22(23)29)27(30,31)32/h4-14,16,20H,3H2,1-2H3. The molecule has 1 amide bonds. The van der Waals surface area contributed by atoms with Gasteiger partial charge in [0.05, 0.1) is 21.7 Å². The second-order valence-corrected chi connectivity index (χ2v) is 8.79. The van der Waals surface area contributed by atoms with Crippen LogP contribution < -0.4 is 14.4 Å². The van der Waals surface area contributed by atoms with E-state index in [1.165, 1.54) is 30.0 Å². The summed E-state index contributed by atoms with van der Waals surface area (Å²) in [7, 11) is 0. The van der Waals surface area contributed by atoms with Gasteiger partial charge in [-0.2, -0.15) is 18.4 Å². The number of benzene rings is 3. The molecule has 6 nitrogen and oxygen atoms in total. The number of hydrogen-bond donors (Lipinski definition) is 0. The quantitative estimate of drug-likeness (QED) is 0.254. The number of hydrogen-bond acceptors (Lipinski definition) is 5. The first-order valence-corrected chi connectivity index (χ1v) is 12.0. The molecular weight excluding hydrogens is 544 g/mol. The van der Waals surface area contributed by atoms with E-state index in [2.05, 4.69) is 0 Å². The summed E-state index contributed by atoms with van der Waals surface area (Å²) in [6.07, 6.45) is -5.81. The van der Waals surface area contributed by atoms with Gasteiger partial charge in [-0.3, -0.25) is 9.59 Å². The second-order valence-electron chi connectivity index (χ2n) is 7.98. The first-order valence-electron chi connectivity index (χ1n) is 11.3. The van der Waals surface area contributed by atoms with Crippen molar-refractivity contribution < 1.29 is 32.2 Å². The minimum atomic E-state index is -4.57. The third-order valence-corrected chi connectivity index (χ3v) is 6.01. The van der Waals surface area contributed by atoms with Gasteiger partial charge in [-0.05, 0) is 56.3 Å². The van der Waals surface area contributed by atoms with Crippen molar-refractivity contribution in [2.75, 3.05) is 11.4 Å². The maximum Gasteiger partial charge on any atom is 0.416 e. The number of amides is 1. The second kappa shape index (κ2) is 12.2. The average molecular weight is 565 g/mol. The number of para-hydroxylation sites is 1. The Hall–Kier alpha value is -3.74. The molecule has 198 valence electrons. The number of nitriles is 1. The summed E-state index contributed by atoms with van der Waals surface area (Å²) in [5.74, 6) is -3.05. The highest BCUT2D eigenvalue weighted by Gasteiger charge is 2.35. The summed E-state index contributed by atoms with van der Waals surface area (Å²) >= 11 is 12.1. The molecule has 0 aliphatic heterocycles. The van der Waals surface area contributed by atoms with Crippen LogP contribution in [0.25, 0.3) is 0 Å². The summed E-state index contributed by atoms with van der Waals surface area (Å²) < 4.78 is 49.9. The smallest absolute Gasteiger partial charge is 0.416 e. The molecule has 0 radical (unpaired) electrons. The fraction of sp³-hybridized carbons (Fsp3) is 0.222. The zero-order valence-corrected chi connectivity index (χ0v) is 21.6. The monoisotopic (exact) mass is 564 g/mol. The van der Waals surface area contributed by atoms with Crippen molar-refractivity contribution in [3.63, 3.8) is 0 Å². The lowest BCUT2D eigenvalue weighted by molar-refractivity contribution is -0.137. The van der Waals surface area contributed by atoms with Crippen LogP contribution in [-0.2, 0) is 15.8 Å². The van der Waals surface area contributed by atoms with Gasteiger partial charge in [0, 0.05) is 18.3 Å². The van der Waals surface area contributed by atoms with E-state index >= 15 is 0 Å². The van der Waals surface area contributed by atoms with Crippen LogP contribution in [0.4, 0.5) is 18.9 Å². The summed E-state index contributed by atoms with van der Waals surface area (Å²) in [6, 6.07) is 17.1. The lowest BCUT2D eigenvalue weighted by Crippen LogP contribution is -2.43. The predicted molar refractivity (Wildman–Crippen MR) is 137 cm³/mol. The maximum atomic E-state index is 13.0. The van der Waals surface area contributed by atoms with E-state index in [0.29, 0.717) is 5.69 Å². The Morgan fingerprint density at radius 3 is 2.26 bits per heavy atom. The van der Waals surface area contributed by atoms with Crippen LogP contribution in [0.5, 0.6) is 17.2 Å². The molecule has 2 unspecified atom stereocenters. The zero-order valence-electron chi connectivity index (χ0n) is 20.1. The van der Waals surface area contributed by atoms with Gasteiger partial charge in [-0.1, -0.05) is 41.4 Å². The van der Waals surface area contributed by atoms with E-state index < -0.39 is 35.5 Å². The molecule has 2 atom stereocenters. The van der Waals surface area contributed by atoms with Crippen LogP contribution >= 0.6 is 23.2 Å². The molecule has 0 N–H and O–H groups in total. The molecule has 3 rings (SSSR count). The van der Waals surface area contributed by atoms with Gasteiger partial charge in [-0.25, -0.2) is 0 Å². The maximum absolute atomic E-state index is 13.0. The first-order chi connectivity index (χ1) is 18.0. The van der Waals surface area contributed by atoms with Gasteiger partial charge >= 0.3 is 6.18 Å². The van der Waals surface area contributed by atoms with Crippen molar-refractivity contribution in [2.45, 2.75) is 26.1 Å².